The molecule has 5 N–H and O–H groups in total. The van der Waals surface area contributed by atoms with E-state index in [1.807, 2.05) is 0 Å². The van der Waals surface area contributed by atoms with E-state index in [0.717, 1.165) is 0 Å². The molecule has 1 aromatic carbocycles. The average Bonchev–Trinajstić information content (AvgIpc) is 3.32. The number of ether oxygens (including phenoxy) is 1. The Kier molecular flexibility index (Phi) is 7.72. The van der Waals surface area contributed by atoms with Gasteiger partial charge in [-0.3, -0.25) is 9.13 Å². The van der Waals surface area contributed by atoms with Crippen LogP contribution in [0.2, 0.25) is 5.28 Å². The lowest BCUT2D eigenvalue weighted by Gasteiger charge is -2.18. The third-order valence-electron chi connectivity index (χ3n) is 5.92. The number of fused-ring (bicyclic) bond motifs is 1. The maximum absolute atomic E-state index is 14.2. The molecule has 0 saturated carbocycles. The summed E-state index contributed by atoms with van der Waals surface area (Å²) in [4.78, 5) is 30.7. The van der Waals surface area contributed by atoms with E-state index in [4.69, 9.17) is 26.1 Å². The second-order valence-electron chi connectivity index (χ2n) is 8.48. The number of aliphatic hydroxyl groups excluding tert-OH is 2. The largest absolute Gasteiger partial charge is 0.388 e. The van der Waals surface area contributed by atoms with Crippen molar-refractivity contribution in [2.24, 2.45) is 0 Å². The molecule has 190 valence electrons. The number of hydrogen-bond donors (Lipinski definition) is 5. The highest BCUT2D eigenvalue weighted by atomic mass is 35.5. The number of nitrogens with one attached hydrogen (secondary N) is 1. The normalized spacial score (nSPS) is 23.6. The molecule has 0 amide bonds. The number of benzene rings is 1. The summed E-state index contributed by atoms with van der Waals surface area (Å²) >= 11 is 6.14. The van der Waals surface area contributed by atoms with Gasteiger partial charge in [-0.1, -0.05) is 24.6 Å². The summed E-state index contributed by atoms with van der Waals surface area (Å²) in [6.07, 6.45) is -2.23. The van der Waals surface area contributed by atoms with Crippen molar-refractivity contribution in [2.75, 3.05) is 11.5 Å². The zero-order valence-corrected chi connectivity index (χ0v) is 20.3. The highest BCUT2D eigenvalue weighted by Gasteiger charge is 2.44. The van der Waals surface area contributed by atoms with Crippen molar-refractivity contribution in [1.82, 2.24) is 19.5 Å². The lowest BCUT2D eigenvalue weighted by molar-refractivity contribution is -0.0373. The molecule has 0 aliphatic carbocycles. The van der Waals surface area contributed by atoms with E-state index in [0.29, 0.717) is 23.9 Å². The summed E-state index contributed by atoms with van der Waals surface area (Å²) in [5.74, 6) is -0.116. The van der Waals surface area contributed by atoms with Gasteiger partial charge in [0, 0.05) is 11.7 Å². The predicted molar refractivity (Wildman–Crippen MR) is 125 cm³/mol. The second-order valence-corrected chi connectivity index (χ2v) is 10.6. The first-order valence-electron chi connectivity index (χ1n) is 11.0. The Morgan fingerprint density at radius 1 is 1.23 bits per heavy atom. The molecule has 1 fully saturated rings. The molecule has 35 heavy (non-hydrogen) atoms. The third kappa shape index (κ3) is 5.80. The van der Waals surface area contributed by atoms with Crippen LogP contribution >= 0.6 is 19.2 Å². The summed E-state index contributed by atoms with van der Waals surface area (Å²) in [5, 5.41) is 24.1. The van der Waals surface area contributed by atoms with Gasteiger partial charge in [0.1, 0.15) is 18.0 Å². The summed E-state index contributed by atoms with van der Waals surface area (Å²) < 4.78 is 32.5. The number of hydrogen-bond acceptors (Lipinski definition) is 8. The fourth-order valence-corrected chi connectivity index (χ4v) is 4.95. The number of nitrogens with zero attached hydrogens (tertiary/aromatic N) is 4. The van der Waals surface area contributed by atoms with Gasteiger partial charge in [-0.15, -0.1) is 0 Å². The summed E-state index contributed by atoms with van der Waals surface area (Å²) in [6, 6.07) is 5.86. The van der Waals surface area contributed by atoms with Gasteiger partial charge in [0.15, 0.2) is 23.2 Å². The second kappa shape index (κ2) is 10.4. The van der Waals surface area contributed by atoms with Crippen LogP contribution in [-0.2, 0) is 9.30 Å². The standard InChI is InChI=1S/C21H26ClFN5O6P/c1-11(12-6-2-3-7-13(12)23)25-18-15-19(27-21(22)26-18)28(10-24-15)20-17(30)16(29)14(34-20)8-4-5-9-35(31,32)33/h2-3,6-7,10-11,14,16-17,20,29-30H,4-5,8-9H2,1H3,(H,25,26,27)(H2,31,32,33)/t11-,14+,16?,17-,20+/m0/s1. The van der Waals surface area contributed by atoms with Crippen LogP contribution in [0.4, 0.5) is 10.2 Å². The monoisotopic (exact) mass is 529 g/mol. The van der Waals surface area contributed by atoms with Gasteiger partial charge in [0.2, 0.25) is 5.28 Å². The van der Waals surface area contributed by atoms with Gasteiger partial charge in [-0.05, 0) is 37.4 Å². The Labute approximate surface area is 205 Å². The molecular formula is C21H26ClFN5O6P. The summed E-state index contributed by atoms with van der Waals surface area (Å²) in [7, 11) is -4.09. The third-order valence-corrected chi connectivity index (χ3v) is 6.99. The molecule has 5 atom stereocenters. The van der Waals surface area contributed by atoms with Crippen molar-refractivity contribution in [2.45, 2.75) is 56.8 Å². The Bertz CT molecular complexity index is 1240. The average molecular weight is 530 g/mol. The van der Waals surface area contributed by atoms with Crippen molar-refractivity contribution in [3.63, 3.8) is 0 Å². The number of anilines is 1. The highest BCUT2D eigenvalue weighted by Crippen LogP contribution is 2.38. The number of unbranched alkanes of at least 4 members (excludes halogenated alkanes) is 1. The quantitative estimate of drug-likeness (QED) is 0.158. The smallest absolute Gasteiger partial charge is 0.325 e. The van der Waals surface area contributed by atoms with Crippen LogP contribution in [0.15, 0.2) is 30.6 Å². The number of rotatable bonds is 9. The first-order chi connectivity index (χ1) is 16.5. The van der Waals surface area contributed by atoms with E-state index >= 15 is 0 Å². The topological polar surface area (TPSA) is 163 Å². The van der Waals surface area contributed by atoms with Crippen molar-refractivity contribution >= 4 is 36.2 Å². The Morgan fingerprint density at radius 2 is 1.97 bits per heavy atom. The van der Waals surface area contributed by atoms with Crippen LogP contribution in [0.25, 0.3) is 11.2 Å². The molecule has 3 heterocycles. The molecule has 0 spiro atoms. The first kappa shape index (κ1) is 25.9. The fourth-order valence-electron chi connectivity index (χ4n) is 4.15. The van der Waals surface area contributed by atoms with E-state index in [-0.39, 0.29) is 35.1 Å². The minimum absolute atomic E-state index is 0.107. The minimum Gasteiger partial charge on any atom is -0.388 e. The maximum atomic E-state index is 14.2. The van der Waals surface area contributed by atoms with Crippen LogP contribution in [0.3, 0.4) is 0 Å². The van der Waals surface area contributed by atoms with Crippen molar-refractivity contribution in [1.29, 1.82) is 0 Å². The van der Waals surface area contributed by atoms with Crippen molar-refractivity contribution < 1.29 is 33.7 Å². The molecule has 3 aromatic rings. The zero-order valence-electron chi connectivity index (χ0n) is 18.7. The molecule has 0 radical (unpaired) electrons. The lowest BCUT2D eigenvalue weighted by atomic mass is 10.1. The lowest BCUT2D eigenvalue weighted by Crippen LogP contribution is -2.31. The Morgan fingerprint density at radius 3 is 2.69 bits per heavy atom. The number of imidazole rings is 1. The molecule has 1 aliphatic heterocycles. The maximum Gasteiger partial charge on any atom is 0.325 e. The molecule has 1 unspecified atom stereocenters. The predicted octanol–water partition coefficient (Wildman–Crippen LogP) is 2.76. The SMILES string of the molecule is C[C@H](Nc1nc(Cl)nc2c1ncn2[C@@H]1O[C@H](CCCCP(=O)(O)O)C(O)[C@@H]1O)c1ccccc1F. The van der Waals surface area contributed by atoms with E-state index < -0.39 is 38.2 Å². The van der Waals surface area contributed by atoms with Gasteiger partial charge in [0.05, 0.1) is 18.5 Å². The molecule has 11 nitrogen and oxygen atoms in total. The van der Waals surface area contributed by atoms with E-state index in [2.05, 4.69) is 20.3 Å². The van der Waals surface area contributed by atoms with Crippen LogP contribution in [-0.4, -0.2) is 64.0 Å². The molecular weight excluding hydrogens is 504 g/mol. The number of halogens is 2. The van der Waals surface area contributed by atoms with E-state index in [9.17, 15) is 19.2 Å². The highest BCUT2D eigenvalue weighted by molar-refractivity contribution is 7.51. The van der Waals surface area contributed by atoms with E-state index in [1.54, 1.807) is 25.1 Å². The molecule has 0 bridgehead atoms. The van der Waals surface area contributed by atoms with Crippen molar-refractivity contribution in [3.05, 3.63) is 47.3 Å². The van der Waals surface area contributed by atoms with Crippen LogP contribution in [0.1, 0.15) is 44.0 Å². The minimum atomic E-state index is -4.09. The summed E-state index contributed by atoms with van der Waals surface area (Å²) in [5.41, 5.74) is 0.980. The molecule has 1 aliphatic rings. The zero-order chi connectivity index (χ0) is 25.3. The Hall–Kier alpha value is -2.18. The van der Waals surface area contributed by atoms with Crippen LogP contribution in [0, 0.1) is 5.82 Å². The molecule has 4 rings (SSSR count). The van der Waals surface area contributed by atoms with Gasteiger partial charge in [-0.25, -0.2) is 9.37 Å². The molecule has 2 aromatic heterocycles. The number of aliphatic hydroxyl groups is 2. The van der Waals surface area contributed by atoms with Gasteiger partial charge in [0.25, 0.3) is 0 Å². The van der Waals surface area contributed by atoms with Crippen molar-refractivity contribution in [3.8, 4) is 0 Å². The number of aromatic nitrogens is 4. The summed E-state index contributed by atoms with van der Waals surface area (Å²) in [6.45, 7) is 1.76. The Balaban J connectivity index is 1.54. The van der Waals surface area contributed by atoms with Crippen LogP contribution in [0.5, 0.6) is 0 Å². The fraction of sp³-hybridized carbons (Fsp3) is 0.476. The van der Waals surface area contributed by atoms with Gasteiger partial charge in [-0.2, -0.15) is 9.97 Å². The van der Waals surface area contributed by atoms with Gasteiger partial charge < -0.3 is 30.1 Å². The van der Waals surface area contributed by atoms with E-state index in [1.165, 1.54) is 17.0 Å². The van der Waals surface area contributed by atoms with Crippen LogP contribution < -0.4 is 5.32 Å². The molecule has 1 saturated heterocycles. The van der Waals surface area contributed by atoms with Gasteiger partial charge >= 0.3 is 7.60 Å². The first-order valence-corrected chi connectivity index (χ1v) is 13.2. The molecule has 14 heteroatoms.